The quantitative estimate of drug-likeness (QED) is 0.284. The molecule has 1 rings (SSSR count). The molecule has 0 spiro atoms. The first kappa shape index (κ1) is 20.7. The summed E-state index contributed by atoms with van der Waals surface area (Å²) in [6.07, 6.45) is 12.3. The predicted molar refractivity (Wildman–Crippen MR) is 92.7 cm³/mol. The van der Waals surface area contributed by atoms with Gasteiger partial charge in [0.2, 0.25) is 0 Å². The van der Waals surface area contributed by atoms with Crippen molar-refractivity contribution in [3.63, 3.8) is 0 Å². The fourth-order valence-electron chi connectivity index (χ4n) is 2.96. The van der Waals surface area contributed by atoms with Gasteiger partial charge in [-0.15, -0.1) is 0 Å². The molecular weight excluding hydrogens is 308 g/mol. The van der Waals surface area contributed by atoms with Crippen LogP contribution in [0, 0.1) is 0 Å². The van der Waals surface area contributed by atoms with Gasteiger partial charge in [0.05, 0.1) is 6.61 Å². The van der Waals surface area contributed by atoms with E-state index in [1.54, 1.807) is 0 Å². The highest BCUT2D eigenvalue weighted by atomic mass is 16.6. The maximum absolute atomic E-state index is 12.0. The lowest BCUT2D eigenvalue weighted by Gasteiger charge is -2.03. The number of carbonyl (C=O) groups excluding carboxylic acids is 2. The van der Waals surface area contributed by atoms with Crippen LogP contribution in [0.3, 0.4) is 0 Å². The van der Waals surface area contributed by atoms with Crippen LogP contribution in [0.5, 0.6) is 0 Å². The molecule has 24 heavy (non-hydrogen) atoms. The summed E-state index contributed by atoms with van der Waals surface area (Å²) >= 11 is 0. The van der Waals surface area contributed by atoms with E-state index >= 15 is 0 Å². The molecule has 5 nitrogen and oxygen atoms in total. The number of aliphatic hydroxyl groups excluding tert-OH is 2. The minimum atomic E-state index is -1.08. The number of ketones is 1. The fourth-order valence-corrected chi connectivity index (χ4v) is 2.96. The summed E-state index contributed by atoms with van der Waals surface area (Å²) in [6, 6.07) is 0. The minimum Gasteiger partial charge on any atom is -0.507 e. The van der Waals surface area contributed by atoms with Gasteiger partial charge >= 0.3 is 5.97 Å². The summed E-state index contributed by atoms with van der Waals surface area (Å²) < 4.78 is 4.73. The van der Waals surface area contributed by atoms with Gasteiger partial charge in [0.15, 0.2) is 17.6 Å². The first-order valence-electron chi connectivity index (χ1n) is 9.40. The zero-order valence-electron chi connectivity index (χ0n) is 14.9. The molecule has 0 aromatic carbocycles. The third-order valence-electron chi connectivity index (χ3n) is 4.47. The van der Waals surface area contributed by atoms with Crippen molar-refractivity contribution in [3.8, 4) is 0 Å². The van der Waals surface area contributed by atoms with Crippen LogP contribution in [0.2, 0.25) is 0 Å². The van der Waals surface area contributed by atoms with Crippen LogP contribution < -0.4 is 0 Å². The number of hydrogen-bond acceptors (Lipinski definition) is 5. The summed E-state index contributed by atoms with van der Waals surface area (Å²) in [7, 11) is 0. The zero-order chi connectivity index (χ0) is 17.8. The molecule has 1 heterocycles. The van der Waals surface area contributed by atoms with E-state index in [-0.39, 0.29) is 17.8 Å². The predicted octanol–water partition coefficient (Wildman–Crippen LogP) is 3.99. The van der Waals surface area contributed by atoms with Crippen molar-refractivity contribution in [1.29, 1.82) is 0 Å². The summed E-state index contributed by atoms with van der Waals surface area (Å²) in [6.45, 7) is 1.72. The lowest BCUT2D eigenvalue weighted by molar-refractivity contribution is -0.142. The normalized spacial score (nSPS) is 17.4. The smallest absolute Gasteiger partial charge is 0.346 e. The summed E-state index contributed by atoms with van der Waals surface area (Å²) in [5.41, 5.74) is -0.277. The van der Waals surface area contributed by atoms with E-state index in [2.05, 4.69) is 6.92 Å². The lowest BCUT2D eigenvalue weighted by Crippen LogP contribution is -2.15. The summed E-state index contributed by atoms with van der Waals surface area (Å²) in [5.74, 6) is -1.63. The molecule has 0 aliphatic carbocycles. The Bertz CT molecular complexity index is 427. The van der Waals surface area contributed by atoms with Gasteiger partial charge in [-0.2, -0.15) is 0 Å². The molecule has 0 amide bonds. The van der Waals surface area contributed by atoms with Crippen LogP contribution in [0.15, 0.2) is 11.3 Å². The molecule has 0 bridgehead atoms. The molecule has 0 aromatic heterocycles. The highest BCUT2D eigenvalue weighted by Crippen LogP contribution is 2.23. The number of unbranched alkanes of at least 4 members (excludes halogenated alkanes) is 10. The van der Waals surface area contributed by atoms with Gasteiger partial charge in [0.25, 0.3) is 0 Å². The van der Waals surface area contributed by atoms with Crippen molar-refractivity contribution in [2.75, 3.05) is 6.61 Å². The molecule has 0 saturated carbocycles. The molecule has 5 heteroatoms. The maximum atomic E-state index is 12.0. The number of cyclic esters (lactones) is 1. The van der Waals surface area contributed by atoms with Gasteiger partial charge < -0.3 is 14.9 Å². The Morgan fingerprint density at radius 1 is 0.958 bits per heavy atom. The van der Waals surface area contributed by atoms with Gasteiger partial charge in [-0.1, -0.05) is 71.1 Å². The van der Waals surface area contributed by atoms with Gasteiger partial charge in [-0.05, 0) is 6.42 Å². The zero-order valence-corrected chi connectivity index (χ0v) is 14.9. The second kappa shape index (κ2) is 12.1. The second-order valence-electron chi connectivity index (χ2n) is 6.55. The highest BCUT2D eigenvalue weighted by molar-refractivity contribution is 6.19. The van der Waals surface area contributed by atoms with E-state index in [0.717, 1.165) is 12.8 Å². The monoisotopic (exact) mass is 340 g/mol. The molecule has 0 fully saturated rings. The molecule has 1 aliphatic rings. The average molecular weight is 340 g/mol. The second-order valence-corrected chi connectivity index (χ2v) is 6.55. The minimum absolute atomic E-state index is 0.240. The standard InChI is InChI=1S/C19H32O5/c1-2-3-4-5-6-7-8-9-10-11-12-13-15(21)17-18(22)16(14-20)24-19(17)23/h16,20,22H,2-14H2,1H3. The number of aliphatic hydroxyl groups is 2. The first-order chi connectivity index (χ1) is 11.6. The third-order valence-corrected chi connectivity index (χ3v) is 4.47. The van der Waals surface area contributed by atoms with E-state index < -0.39 is 24.4 Å². The number of Topliss-reactive ketones (excluding diaryl/α,β-unsaturated/α-hetero) is 1. The van der Waals surface area contributed by atoms with Crippen LogP contribution in [-0.4, -0.2) is 34.7 Å². The largest absolute Gasteiger partial charge is 0.507 e. The number of ether oxygens (including phenoxy) is 1. The summed E-state index contributed by atoms with van der Waals surface area (Å²) in [5, 5.41) is 18.7. The van der Waals surface area contributed by atoms with Crippen molar-refractivity contribution in [1.82, 2.24) is 0 Å². The number of esters is 1. The van der Waals surface area contributed by atoms with E-state index in [0.29, 0.717) is 6.42 Å². The molecule has 0 saturated heterocycles. The Morgan fingerprint density at radius 2 is 1.46 bits per heavy atom. The molecule has 0 radical (unpaired) electrons. The van der Waals surface area contributed by atoms with Gasteiger partial charge in [0.1, 0.15) is 5.57 Å². The van der Waals surface area contributed by atoms with Crippen LogP contribution in [0.4, 0.5) is 0 Å². The summed E-state index contributed by atoms with van der Waals surface area (Å²) in [4.78, 5) is 23.5. The van der Waals surface area contributed by atoms with Crippen molar-refractivity contribution >= 4 is 11.8 Å². The van der Waals surface area contributed by atoms with Crippen LogP contribution in [-0.2, 0) is 14.3 Å². The van der Waals surface area contributed by atoms with E-state index in [9.17, 15) is 14.7 Å². The number of carbonyl (C=O) groups is 2. The van der Waals surface area contributed by atoms with Gasteiger partial charge in [-0.25, -0.2) is 4.79 Å². The maximum Gasteiger partial charge on any atom is 0.346 e. The fraction of sp³-hybridized carbons (Fsp3) is 0.789. The molecule has 1 unspecified atom stereocenters. The van der Waals surface area contributed by atoms with Crippen molar-refractivity contribution in [2.24, 2.45) is 0 Å². The molecular formula is C19H32O5. The molecule has 2 N–H and O–H groups in total. The van der Waals surface area contributed by atoms with Crippen molar-refractivity contribution in [2.45, 2.75) is 90.1 Å². The van der Waals surface area contributed by atoms with Crippen LogP contribution in [0.1, 0.15) is 84.0 Å². The van der Waals surface area contributed by atoms with E-state index in [1.807, 2.05) is 0 Å². The molecule has 1 atom stereocenters. The molecule has 138 valence electrons. The van der Waals surface area contributed by atoms with E-state index in [4.69, 9.17) is 9.84 Å². The van der Waals surface area contributed by atoms with Crippen LogP contribution >= 0.6 is 0 Å². The third kappa shape index (κ3) is 7.04. The average Bonchev–Trinajstić information content (AvgIpc) is 2.86. The van der Waals surface area contributed by atoms with Crippen LogP contribution in [0.25, 0.3) is 0 Å². The number of hydrogen-bond donors (Lipinski definition) is 2. The Morgan fingerprint density at radius 3 is 1.92 bits per heavy atom. The van der Waals surface area contributed by atoms with Gasteiger partial charge in [-0.3, -0.25) is 4.79 Å². The SMILES string of the molecule is CCCCCCCCCCCCCC(=O)C1=C(O)C(CO)OC1=O. The molecule has 1 aliphatic heterocycles. The Labute approximate surface area is 145 Å². The van der Waals surface area contributed by atoms with E-state index in [1.165, 1.54) is 51.4 Å². The Balaban J connectivity index is 2.06. The number of rotatable bonds is 14. The van der Waals surface area contributed by atoms with Crippen molar-refractivity contribution < 1.29 is 24.5 Å². The topological polar surface area (TPSA) is 83.8 Å². The lowest BCUT2D eigenvalue weighted by atomic mass is 10.0. The first-order valence-corrected chi connectivity index (χ1v) is 9.40. The van der Waals surface area contributed by atoms with Crippen molar-refractivity contribution in [3.05, 3.63) is 11.3 Å². The highest BCUT2D eigenvalue weighted by Gasteiger charge is 2.37. The Hall–Kier alpha value is -1.36. The van der Waals surface area contributed by atoms with Gasteiger partial charge in [0, 0.05) is 6.42 Å². The Kier molecular flexibility index (Phi) is 10.4. The molecule has 0 aromatic rings.